The minimum absolute atomic E-state index is 0.0393. The molecule has 1 heterocycles. The first kappa shape index (κ1) is 15.9. The van der Waals surface area contributed by atoms with E-state index in [4.69, 9.17) is 9.47 Å². The van der Waals surface area contributed by atoms with Gasteiger partial charge in [-0.15, -0.1) is 0 Å². The van der Waals surface area contributed by atoms with Gasteiger partial charge in [-0.25, -0.2) is 0 Å². The fourth-order valence-corrected chi connectivity index (χ4v) is 2.36. The maximum Gasteiger partial charge on any atom is 0.262 e. The largest absolute Gasteiger partial charge is 0.492 e. The van der Waals surface area contributed by atoms with Crippen molar-refractivity contribution in [2.45, 2.75) is 6.92 Å². The first-order valence-electron chi connectivity index (χ1n) is 7.66. The summed E-state index contributed by atoms with van der Waals surface area (Å²) in [6.45, 7) is 2.73. The molecule has 0 fully saturated rings. The van der Waals surface area contributed by atoms with Crippen LogP contribution in [-0.2, 0) is 4.79 Å². The van der Waals surface area contributed by atoms with Crippen LogP contribution in [0.2, 0.25) is 0 Å². The van der Waals surface area contributed by atoms with Crippen molar-refractivity contribution in [1.82, 2.24) is 5.32 Å². The van der Waals surface area contributed by atoms with Crippen molar-refractivity contribution in [2.75, 3.05) is 25.1 Å². The van der Waals surface area contributed by atoms with Crippen LogP contribution >= 0.6 is 0 Å². The summed E-state index contributed by atoms with van der Waals surface area (Å²) in [5, 5.41) is 5.48. The fourth-order valence-electron chi connectivity index (χ4n) is 2.36. The lowest BCUT2D eigenvalue weighted by Crippen LogP contribution is -2.29. The molecule has 0 radical (unpaired) electrons. The molecule has 3 rings (SSSR count). The van der Waals surface area contributed by atoms with E-state index in [1.807, 2.05) is 31.2 Å². The number of nitrogens with one attached hydrogen (secondary N) is 2. The Morgan fingerprint density at radius 1 is 1.29 bits per heavy atom. The van der Waals surface area contributed by atoms with Crippen LogP contribution in [0.1, 0.15) is 15.9 Å². The number of anilines is 1. The van der Waals surface area contributed by atoms with Gasteiger partial charge in [0, 0.05) is 5.56 Å². The van der Waals surface area contributed by atoms with Crippen molar-refractivity contribution in [3.8, 4) is 11.5 Å². The second kappa shape index (κ2) is 7.04. The Kier molecular flexibility index (Phi) is 4.65. The highest BCUT2D eigenvalue weighted by molar-refractivity contribution is 5.98. The van der Waals surface area contributed by atoms with Gasteiger partial charge in [-0.1, -0.05) is 12.1 Å². The molecule has 0 saturated carbocycles. The van der Waals surface area contributed by atoms with E-state index in [0.29, 0.717) is 30.2 Å². The monoisotopic (exact) mass is 326 g/mol. The SMILES string of the molecule is Cc1cccc(OCCNC(=O)c2ccc3c(c2)OCC(=O)N3)c1. The number of fused-ring (bicyclic) bond motifs is 1. The maximum atomic E-state index is 12.2. The van der Waals surface area contributed by atoms with Crippen molar-refractivity contribution in [2.24, 2.45) is 0 Å². The van der Waals surface area contributed by atoms with E-state index in [9.17, 15) is 9.59 Å². The van der Waals surface area contributed by atoms with Gasteiger partial charge in [-0.3, -0.25) is 9.59 Å². The molecular formula is C18H18N2O4. The average Bonchev–Trinajstić information content (AvgIpc) is 2.58. The molecule has 0 aromatic heterocycles. The van der Waals surface area contributed by atoms with E-state index in [-0.39, 0.29) is 18.4 Å². The average molecular weight is 326 g/mol. The normalized spacial score (nSPS) is 12.6. The third-order valence-electron chi connectivity index (χ3n) is 3.52. The molecule has 124 valence electrons. The molecule has 0 bridgehead atoms. The van der Waals surface area contributed by atoms with Gasteiger partial charge < -0.3 is 20.1 Å². The lowest BCUT2D eigenvalue weighted by Gasteiger charge is -2.18. The van der Waals surface area contributed by atoms with Crippen molar-refractivity contribution in [1.29, 1.82) is 0 Å². The van der Waals surface area contributed by atoms with Crippen LogP contribution < -0.4 is 20.1 Å². The van der Waals surface area contributed by atoms with Gasteiger partial charge in [0.25, 0.3) is 11.8 Å². The molecule has 2 aromatic rings. The molecule has 2 N–H and O–H groups in total. The zero-order valence-electron chi connectivity index (χ0n) is 13.3. The van der Waals surface area contributed by atoms with Crippen LogP contribution in [-0.4, -0.2) is 31.6 Å². The second-order valence-electron chi connectivity index (χ2n) is 5.47. The van der Waals surface area contributed by atoms with Crippen LogP contribution in [0.3, 0.4) is 0 Å². The Labute approximate surface area is 139 Å². The van der Waals surface area contributed by atoms with Crippen LogP contribution in [0.15, 0.2) is 42.5 Å². The molecule has 6 heteroatoms. The summed E-state index contributed by atoms with van der Waals surface area (Å²) in [6.07, 6.45) is 0. The molecule has 0 saturated heterocycles. The number of carbonyl (C=O) groups excluding carboxylic acids is 2. The number of carbonyl (C=O) groups is 2. The highest BCUT2D eigenvalue weighted by atomic mass is 16.5. The van der Waals surface area contributed by atoms with Crippen molar-refractivity contribution >= 4 is 17.5 Å². The first-order chi connectivity index (χ1) is 11.6. The molecule has 0 unspecified atom stereocenters. The quantitative estimate of drug-likeness (QED) is 0.825. The molecule has 0 atom stereocenters. The fraction of sp³-hybridized carbons (Fsp3) is 0.222. The summed E-state index contributed by atoms with van der Waals surface area (Å²) in [6, 6.07) is 12.7. The summed E-state index contributed by atoms with van der Waals surface area (Å²) in [5.74, 6) is 0.861. The number of hydrogen-bond donors (Lipinski definition) is 2. The van der Waals surface area contributed by atoms with Gasteiger partial charge in [-0.05, 0) is 42.8 Å². The summed E-state index contributed by atoms with van der Waals surface area (Å²) in [4.78, 5) is 23.4. The third kappa shape index (κ3) is 3.84. The van der Waals surface area contributed by atoms with E-state index < -0.39 is 0 Å². The van der Waals surface area contributed by atoms with Crippen molar-refractivity contribution in [3.05, 3.63) is 53.6 Å². The van der Waals surface area contributed by atoms with Gasteiger partial charge in [0.2, 0.25) is 0 Å². The molecular weight excluding hydrogens is 308 g/mol. The van der Waals surface area contributed by atoms with Gasteiger partial charge in [-0.2, -0.15) is 0 Å². The summed E-state index contributed by atoms with van der Waals surface area (Å²) >= 11 is 0. The number of amides is 2. The standard InChI is InChI=1S/C18H18N2O4/c1-12-3-2-4-14(9-12)23-8-7-19-18(22)13-5-6-15-16(10-13)24-11-17(21)20-15/h2-6,9-10H,7-8,11H2,1H3,(H,19,22)(H,20,21). The maximum absolute atomic E-state index is 12.2. The predicted octanol–water partition coefficient (Wildman–Crippen LogP) is 2.13. The summed E-state index contributed by atoms with van der Waals surface area (Å²) in [7, 11) is 0. The molecule has 1 aliphatic rings. The number of rotatable bonds is 5. The van der Waals surface area contributed by atoms with Crippen LogP contribution in [0.5, 0.6) is 11.5 Å². The van der Waals surface area contributed by atoms with E-state index in [1.165, 1.54) is 0 Å². The van der Waals surface area contributed by atoms with Gasteiger partial charge in [0.05, 0.1) is 12.2 Å². The minimum Gasteiger partial charge on any atom is -0.492 e. The lowest BCUT2D eigenvalue weighted by molar-refractivity contribution is -0.118. The van der Waals surface area contributed by atoms with Crippen molar-refractivity contribution < 1.29 is 19.1 Å². The van der Waals surface area contributed by atoms with Gasteiger partial charge >= 0.3 is 0 Å². The Hall–Kier alpha value is -3.02. The number of aryl methyl sites for hydroxylation is 1. The number of hydrogen-bond acceptors (Lipinski definition) is 4. The Bertz CT molecular complexity index is 773. The molecule has 24 heavy (non-hydrogen) atoms. The Morgan fingerprint density at radius 2 is 2.17 bits per heavy atom. The van der Waals surface area contributed by atoms with E-state index in [2.05, 4.69) is 10.6 Å². The topological polar surface area (TPSA) is 76.7 Å². The highest BCUT2D eigenvalue weighted by Crippen LogP contribution is 2.28. The molecule has 6 nitrogen and oxygen atoms in total. The summed E-state index contributed by atoms with van der Waals surface area (Å²) in [5.41, 5.74) is 2.17. The van der Waals surface area contributed by atoms with Gasteiger partial charge in [0.1, 0.15) is 18.1 Å². The van der Waals surface area contributed by atoms with Crippen LogP contribution in [0, 0.1) is 6.92 Å². The van der Waals surface area contributed by atoms with E-state index >= 15 is 0 Å². The van der Waals surface area contributed by atoms with Crippen molar-refractivity contribution in [3.63, 3.8) is 0 Å². The lowest BCUT2D eigenvalue weighted by atomic mass is 10.1. The van der Waals surface area contributed by atoms with E-state index in [0.717, 1.165) is 11.3 Å². The minimum atomic E-state index is -0.217. The smallest absolute Gasteiger partial charge is 0.262 e. The third-order valence-corrected chi connectivity index (χ3v) is 3.52. The predicted molar refractivity (Wildman–Crippen MR) is 89.6 cm³/mol. The Balaban J connectivity index is 1.51. The van der Waals surface area contributed by atoms with Gasteiger partial charge in [0.15, 0.2) is 6.61 Å². The van der Waals surface area contributed by atoms with E-state index in [1.54, 1.807) is 18.2 Å². The summed E-state index contributed by atoms with van der Waals surface area (Å²) < 4.78 is 10.9. The van der Waals surface area contributed by atoms with Crippen LogP contribution in [0.4, 0.5) is 5.69 Å². The molecule has 2 amide bonds. The number of benzene rings is 2. The molecule has 2 aromatic carbocycles. The zero-order valence-corrected chi connectivity index (χ0v) is 13.3. The molecule has 0 spiro atoms. The number of ether oxygens (including phenoxy) is 2. The van der Waals surface area contributed by atoms with Crippen LogP contribution in [0.25, 0.3) is 0 Å². The highest BCUT2D eigenvalue weighted by Gasteiger charge is 2.17. The molecule has 1 aliphatic heterocycles. The zero-order chi connectivity index (χ0) is 16.9. The second-order valence-corrected chi connectivity index (χ2v) is 5.47. The Morgan fingerprint density at radius 3 is 3.00 bits per heavy atom. The molecule has 0 aliphatic carbocycles. The first-order valence-corrected chi connectivity index (χ1v) is 7.66.